The van der Waals surface area contributed by atoms with Crippen molar-refractivity contribution < 1.29 is 24.6 Å². The Labute approximate surface area is 109 Å². The molecule has 2 rings (SSSR count). The minimum atomic E-state index is -1.15. The van der Waals surface area contributed by atoms with Crippen LogP contribution in [0.25, 0.3) is 0 Å². The van der Waals surface area contributed by atoms with Crippen molar-refractivity contribution in [1.29, 1.82) is 0 Å². The van der Waals surface area contributed by atoms with Crippen LogP contribution in [0.2, 0.25) is 0 Å². The van der Waals surface area contributed by atoms with Gasteiger partial charge in [0.1, 0.15) is 11.8 Å². The van der Waals surface area contributed by atoms with Crippen LogP contribution in [0, 0.1) is 0 Å². The summed E-state index contributed by atoms with van der Waals surface area (Å²) >= 11 is 0. The van der Waals surface area contributed by atoms with E-state index in [-0.39, 0.29) is 37.4 Å². The van der Waals surface area contributed by atoms with Gasteiger partial charge in [-0.3, -0.25) is 9.59 Å². The Morgan fingerprint density at radius 1 is 1.37 bits per heavy atom. The molecule has 2 aliphatic heterocycles. The maximum atomic E-state index is 12.2. The van der Waals surface area contributed by atoms with E-state index in [1.54, 1.807) is 0 Å². The maximum absolute atomic E-state index is 12.2. The number of carbonyl (C=O) groups is 3. The molecule has 2 amide bonds. The molecule has 2 aliphatic rings. The van der Waals surface area contributed by atoms with Crippen LogP contribution in [-0.4, -0.2) is 69.4 Å². The molecule has 0 bridgehead atoms. The Kier molecular flexibility index (Phi) is 3.52. The molecule has 0 aliphatic carbocycles. The number of likely N-dealkylation sites (tertiary alicyclic amines) is 1. The van der Waals surface area contributed by atoms with Crippen LogP contribution >= 0.6 is 0 Å². The Morgan fingerprint density at radius 3 is 2.63 bits per heavy atom. The van der Waals surface area contributed by atoms with E-state index in [0.29, 0.717) is 0 Å². The smallest absolute Gasteiger partial charge is 0.326 e. The van der Waals surface area contributed by atoms with Gasteiger partial charge in [-0.25, -0.2) is 9.80 Å². The molecule has 8 heteroatoms. The number of carboxylic acid groups (broad SMARTS) is 1. The molecule has 0 aromatic rings. The zero-order valence-electron chi connectivity index (χ0n) is 10.4. The largest absolute Gasteiger partial charge is 0.480 e. The van der Waals surface area contributed by atoms with E-state index in [1.165, 1.54) is 7.05 Å². The number of rotatable bonds is 2. The highest BCUT2D eigenvalue weighted by Crippen LogP contribution is 2.20. The van der Waals surface area contributed by atoms with Crippen molar-refractivity contribution in [3.8, 4) is 0 Å². The van der Waals surface area contributed by atoms with Gasteiger partial charge in [0.15, 0.2) is 0 Å². The van der Waals surface area contributed by atoms with Gasteiger partial charge in [0.2, 0.25) is 5.91 Å². The number of aliphatic hydroxyl groups is 1. The fourth-order valence-corrected chi connectivity index (χ4v) is 2.26. The van der Waals surface area contributed by atoms with Gasteiger partial charge in [-0.15, -0.1) is 0 Å². The van der Waals surface area contributed by atoms with Crippen LogP contribution in [0.4, 0.5) is 0 Å². The van der Waals surface area contributed by atoms with E-state index in [0.717, 1.165) is 9.91 Å². The van der Waals surface area contributed by atoms with E-state index in [4.69, 9.17) is 5.11 Å². The molecule has 2 atom stereocenters. The third-order valence-electron chi connectivity index (χ3n) is 3.28. The minimum Gasteiger partial charge on any atom is -0.480 e. The minimum absolute atomic E-state index is 0.0170. The Hall–Kier alpha value is -1.96. The number of aliphatic hydroxyl groups excluding tert-OH is 1. The number of hydrogen-bond acceptors (Lipinski definition) is 5. The van der Waals surface area contributed by atoms with Crippen LogP contribution in [0.5, 0.6) is 0 Å². The molecule has 0 aromatic carbocycles. The third kappa shape index (κ3) is 2.58. The summed E-state index contributed by atoms with van der Waals surface area (Å²) in [6.45, 7) is -0.0213. The SMILES string of the molecule is CN1N=C(C(=O)N2CC(O)C[C@H]2C(=O)O)CCC1=O. The molecule has 19 heavy (non-hydrogen) atoms. The van der Waals surface area contributed by atoms with Crippen molar-refractivity contribution in [3.05, 3.63) is 0 Å². The average molecular weight is 269 g/mol. The molecular weight excluding hydrogens is 254 g/mol. The second-order valence-electron chi connectivity index (χ2n) is 4.67. The number of aliphatic carboxylic acids is 1. The fraction of sp³-hybridized carbons (Fsp3) is 0.636. The highest BCUT2D eigenvalue weighted by Gasteiger charge is 2.40. The number of hydrazone groups is 1. The lowest BCUT2D eigenvalue weighted by atomic mass is 10.1. The molecule has 1 unspecified atom stereocenters. The third-order valence-corrected chi connectivity index (χ3v) is 3.28. The molecule has 8 nitrogen and oxygen atoms in total. The van der Waals surface area contributed by atoms with Crippen molar-refractivity contribution in [2.45, 2.75) is 31.4 Å². The predicted octanol–water partition coefficient (Wildman–Crippen LogP) is -1.36. The van der Waals surface area contributed by atoms with Crippen molar-refractivity contribution >= 4 is 23.5 Å². The van der Waals surface area contributed by atoms with E-state index < -0.39 is 24.0 Å². The lowest BCUT2D eigenvalue weighted by Crippen LogP contribution is -2.46. The molecular formula is C11H15N3O5. The topological polar surface area (TPSA) is 111 Å². The monoisotopic (exact) mass is 269 g/mol. The van der Waals surface area contributed by atoms with Crippen molar-refractivity contribution in [1.82, 2.24) is 9.91 Å². The molecule has 0 aromatic heterocycles. The van der Waals surface area contributed by atoms with Gasteiger partial charge in [-0.1, -0.05) is 0 Å². The summed E-state index contributed by atoms with van der Waals surface area (Å²) in [5.41, 5.74) is 0.155. The van der Waals surface area contributed by atoms with Crippen LogP contribution in [0.3, 0.4) is 0 Å². The molecule has 1 fully saturated rings. The number of carboxylic acids is 1. The van der Waals surface area contributed by atoms with Crippen molar-refractivity contribution in [3.63, 3.8) is 0 Å². The number of carbonyl (C=O) groups excluding carboxylic acids is 2. The van der Waals surface area contributed by atoms with Gasteiger partial charge < -0.3 is 15.1 Å². The van der Waals surface area contributed by atoms with Crippen molar-refractivity contribution in [2.75, 3.05) is 13.6 Å². The fourth-order valence-electron chi connectivity index (χ4n) is 2.26. The summed E-state index contributed by atoms with van der Waals surface area (Å²) < 4.78 is 0. The lowest BCUT2D eigenvalue weighted by Gasteiger charge is -2.25. The first-order valence-electron chi connectivity index (χ1n) is 5.96. The molecule has 1 saturated heterocycles. The molecule has 0 radical (unpaired) electrons. The normalized spacial score (nSPS) is 27.5. The molecule has 0 saturated carbocycles. The van der Waals surface area contributed by atoms with Crippen LogP contribution in [0.1, 0.15) is 19.3 Å². The second-order valence-corrected chi connectivity index (χ2v) is 4.67. The van der Waals surface area contributed by atoms with Crippen LogP contribution < -0.4 is 0 Å². The Bertz CT molecular complexity index is 461. The summed E-state index contributed by atoms with van der Waals surface area (Å²) in [5, 5.41) is 23.5. The van der Waals surface area contributed by atoms with Gasteiger partial charge in [-0.2, -0.15) is 5.10 Å². The lowest BCUT2D eigenvalue weighted by molar-refractivity contribution is -0.146. The van der Waals surface area contributed by atoms with Crippen LogP contribution in [0.15, 0.2) is 5.10 Å². The first-order chi connectivity index (χ1) is 8.90. The van der Waals surface area contributed by atoms with E-state index in [2.05, 4.69) is 5.10 Å². The summed E-state index contributed by atoms with van der Waals surface area (Å²) in [6.07, 6.45) is -0.451. The maximum Gasteiger partial charge on any atom is 0.326 e. The zero-order valence-corrected chi connectivity index (χ0v) is 10.4. The van der Waals surface area contributed by atoms with E-state index in [1.807, 2.05) is 0 Å². The van der Waals surface area contributed by atoms with Crippen molar-refractivity contribution in [2.24, 2.45) is 5.10 Å². The predicted molar refractivity (Wildman–Crippen MR) is 63.2 cm³/mol. The first-order valence-corrected chi connectivity index (χ1v) is 5.96. The highest BCUT2D eigenvalue weighted by molar-refractivity contribution is 6.39. The highest BCUT2D eigenvalue weighted by atomic mass is 16.4. The summed E-state index contributed by atoms with van der Waals surface area (Å²) in [4.78, 5) is 35.6. The molecule has 2 N–H and O–H groups in total. The van der Waals surface area contributed by atoms with E-state index in [9.17, 15) is 19.5 Å². The second kappa shape index (κ2) is 4.96. The van der Waals surface area contributed by atoms with Gasteiger partial charge >= 0.3 is 5.97 Å². The first kappa shape index (κ1) is 13.5. The summed E-state index contributed by atoms with van der Waals surface area (Å²) in [6, 6.07) is -1.03. The number of nitrogens with zero attached hydrogens (tertiary/aromatic N) is 3. The van der Waals surface area contributed by atoms with Gasteiger partial charge in [0, 0.05) is 32.9 Å². The molecule has 2 heterocycles. The van der Waals surface area contributed by atoms with Gasteiger partial charge in [-0.05, 0) is 0 Å². The van der Waals surface area contributed by atoms with Gasteiger partial charge in [0.05, 0.1) is 6.10 Å². The zero-order chi connectivity index (χ0) is 14.2. The van der Waals surface area contributed by atoms with Gasteiger partial charge in [0.25, 0.3) is 5.91 Å². The summed E-state index contributed by atoms with van der Waals surface area (Å²) in [7, 11) is 1.45. The Morgan fingerprint density at radius 2 is 2.05 bits per heavy atom. The molecule has 104 valence electrons. The van der Waals surface area contributed by atoms with E-state index >= 15 is 0 Å². The van der Waals surface area contributed by atoms with Crippen LogP contribution in [-0.2, 0) is 14.4 Å². The number of amides is 2. The standard InChI is InChI=1S/C11H15N3O5/c1-13-9(16)3-2-7(12-13)10(17)14-5-6(15)4-8(14)11(18)19/h6,8,15H,2-5H2,1H3,(H,18,19)/t6?,8-/m0/s1. The number of hydrogen-bond donors (Lipinski definition) is 2. The quantitative estimate of drug-likeness (QED) is 0.643. The molecule has 0 spiro atoms. The number of β-amino-alcohol motifs (C(OH)–C–C–N with tert-alkyl or cyclic N) is 1. The summed E-state index contributed by atoms with van der Waals surface area (Å²) in [5.74, 6) is -1.86. The Balaban J connectivity index is 2.17. The average Bonchev–Trinajstić information content (AvgIpc) is 2.74.